The van der Waals surface area contributed by atoms with Gasteiger partial charge < -0.3 is 15.8 Å². The fourth-order valence-electron chi connectivity index (χ4n) is 1.56. The molecule has 0 atom stereocenters. The van der Waals surface area contributed by atoms with Gasteiger partial charge in [0, 0.05) is 5.69 Å². The minimum atomic E-state index is -0.404. The van der Waals surface area contributed by atoms with Gasteiger partial charge in [0.25, 0.3) is 5.91 Å². The molecule has 0 fully saturated rings. The van der Waals surface area contributed by atoms with Crippen molar-refractivity contribution < 1.29 is 13.9 Å². The summed E-state index contributed by atoms with van der Waals surface area (Å²) >= 11 is 9.09. The molecular formula is C14H11BrClFN2O2. The summed E-state index contributed by atoms with van der Waals surface area (Å²) in [4.78, 5) is 11.8. The highest BCUT2D eigenvalue weighted by atomic mass is 79.9. The van der Waals surface area contributed by atoms with Crippen LogP contribution in [-0.2, 0) is 4.79 Å². The standard InChI is InChI=1S/C14H11BrClFN2O2/c15-10-5-8(17)1-4-13(10)21-7-14(20)19-12-6-9(18)2-3-11(12)16/h1-6H,7,18H2,(H,19,20). The van der Waals surface area contributed by atoms with Crippen molar-refractivity contribution in [2.24, 2.45) is 0 Å². The van der Waals surface area contributed by atoms with Gasteiger partial charge in [-0.25, -0.2) is 4.39 Å². The highest BCUT2D eigenvalue weighted by Gasteiger charge is 2.09. The first-order valence-corrected chi connectivity index (χ1v) is 7.05. The molecular weight excluding hydrogens is 363 g/mol. The lowest BCUT2D eigenvalue weighted by Crippen LogP contribution is -2.20. The van der Waals surface area contributed by atoms with Crippen LogP contribution in [0.3, 0.4) is 0 Å². The number of benzene rings is 2. The predicted octanol–water partition coefficient (Wildman–Crippen LogP) is 3.84. The van der Waals surface area contributed by atoms with Crippen molar-refractivity contribution in [1.29, 1.82) is 0 Å². The zero-order valence-electron chi connectivity index (χ0n) is 10.7. The van der Waals surface area contributed by atoms with Gasteiger partial charge in [0.1, 0.15) is 11.6 Å². The van der Waals surface area contributed by atoms with Crippen molar-refractivity contribution in [3.8, 4) is 5.75 Å². The molecule has 0 bridgehead atoms. The molecule has 0 heterocycles. The Kier molecular flexibility index (Phi) is 5.03. The molecule has 0 unspecified atom stereocenters. The summed E-state index contributed by atoms with van der Waals surface area (Å²) in [5, 5.41) is 2.96. The Bertz CT molecular complexity index is 682. The SMILES string of the molecule is Nc1ccc(Cl)c(NC(=O)COc2ccc(F)cc2Br)c1. The van der Waals surface area contributed by atoms with E-state index in [-0.39, 0.29) is 6.61 Å². The molecule has 2 aromatic rings. The van der Waals surface area contributed by atoms with Crippen molar-refractivity contribution in [1.82, 2.24) is 0 Å². The molecule has 7 heteroatoms. The lowest BCUT2D eigenvalue weighted by Gasteiger charge is -2.10. The average Bonchev–Trinajstić information content (AvgIpc) is 2.42. The second-order valence-corrected chi connectivity index (χ2v) is 5.41. The second-order valence-electron chi connectivity index (χ2n) is 4.15. The van der Waals surface area contributed by atoms with Gasteiger partial charge in [-0.1, -0.05) is 11.6 Å². The number of halogens is 3. The summed E-state index contributed by atoms with van der Waals surface area (Å²) in [6.45, 7) is -0.241. The van der Waals surface area contributed by atoms with E-state index < -0.39 is 11.7 Å². The number of nitrogen functional groups attached to an aromatic ring is 1. The summed E-state index contributed by atoms with van der Waals surface area (Å²) in [6, 6.07) is 8.69. The number of rotatable bonds is 4. The van der Waals surface area contributed by atoms with E-state index in [4.69, 9.17) is 22.1 Å². The van der Waals surface area contributed by atoms with Crippen LogP contribution in [0.4, 0.5) is 15.8 Å². The first kappa shape index (κ1) is 15.6. The fraction of sp³-hybridized carbons (Fsp3) is 0.0714. The number of hydrogen-bond acceptors (Lipinski definition) is 3. The Morgan fingerprint density at radius 3 is 2.81 bits per heavy atom. The molecule has 0 aliphatic rings. The van der Waals surface area contributed by atoms with Crippen LogP contribution in [0.5, 0.6) is 5.75 Å². The molecule has 0 aromatic heterocycles. The summed E-state index contributed by atoms with van der Waals surface area (Å²) < 4.78 is 18.6. The van der Waals surface area contributed by atoms with Crippen LogP contribution in [0, 0.1) is 5.82 Å². The summed E-state index contributed by atoms with van der Waals surface area (Å²) in [6.07, 6.45) is 0. The molecule has 21 heavy (non-hydrogen) atoms. The molecule has 3 N–H and O–H groups in total. The van der Waals surface area contributed by atoms with Gasteiger partial charge in [0.15, 0.2) is 6.61 Å². The van der Waals surface area contributed by atoms with Gasteiger partial charge in [0.05, 0.1) is 15.2 Å². The van der Waals surface area contributed by atoms with E-state index >= 15 is 0 Å². The zero-order chi connectivity index (χ0) is 15.4. The lowest BCUT2D eigenvalue weighted by molar-refractivity contribution is -0.118. The highest BCUT2D eigenvalue weighted by molar-refractivity contribution is 9.10. The van der Waals surface area contributed by atoms with E-state index in [9.17, 15) is 9.18 Å². The van der Waals surface area contributed by atoms with Gasteiger partial charge >= 0.3 is 0 Å². The Labute approximate surface area is 134 Å². The molecule has 0 saturated carbocycles. The maximum absolute atomic E-state index is 12.9. The van der Waals surface area contributed by atoms with Gasteiger partial charge in [0.2, 0.25) is 0 Å². The van der Waals surface area contributed by atoms with Crippen molar-refractivity contribution in [3.05, 3.63) is 51.7 Å². The second kappa shape index (κ2) is 6.78. The first-order valence-electron chi connectivity index (χ1n) is 5.88. The largest absolute Gasteiger partial charge is 0.483 e. The van der Waals surface area contributed by atoms with Gasteiger partial charge in [-0.15, -0.1) is 0 Å². The molecule has 0 aliphatic carbocycles. The maximum Gasteiger partial charge on any atom is 0.262 e. The van der Waals surface area contributed by atoms with Crippen LogP contribution in [0.1, 0.15) is 0 Å². The fourth-order valence-corrected chi connectivity index (χ4v) is 2.19. The third kappa shape index (κ3) is 4.34. The van der Waals surface area contributed by atoms with E-state index in [0.29, 0.717) is 26.6 Å². The van der Waals surface area contributed by atoms with E-state index in [1.807, 2.05) is 0 Å². The number of nitrogens with two attached hydrogens (primary N) is 1. The number of nitrogens with one attached hydrogen (secondary N) is 1. The van der Waals surface area contributed by atoms with Crippen molar-refractivity contribution in [3.63, 3.8) is 0 Å². The van der Waals surface area contributed by atoms with Crippen molar-refractivity contribution in [2.75, 3.05) is 17.7 Å². The molecule has 0 saturated heterocycles. The van der Waals surface area contributed by atoms with Crippen LogP contribution in [0.15, 0.2) is 40.9 Å². The third-order valence-electron chi connectivity index (χ3n) is 2.52. The topological polar surface area (TPSA) is 64.3 Å². The van der Waals surface area contributed by atoms with E-state index in [2.05, 4.69) is 21.2 Å². The van der Waals surface area contributed by atoms with Gasteiger partial charge in [-0.2, -0.15) is 0 Å². The van der Waals surface area contributed by atoms with Crippen LogP contribution >= 0.6 is 27.5 Å². The molecule has 2 aromatic carbocycles. The Balaban J connectivity index is 1.97. The molecule has 110 valence electrons. The molecule has 0 spiro atoms. The van der Waals surface area contributed by atoms with Crippen LogP contribution in [0.2, 0.25) is 5.02 Å². The van der Waals surface area contributed by atoms with E-state index in [1.54, 1.807) is 18.2 Å². The summed E-state index contributed by atoms with van der Waals surface area (Å²) in [7, 11) is 0. The van der Waals surface area contributed by atoms with Crippen molar-refractivity contribution in [2.45, 2.75) is 0 Å². The molecule has 0 radical (unpaired) electrons. The maximum atomic E-state index is 12.9. The first-order chi connectivity index (χ1) is 9.95. The van der Waals surface area contributed by atoms with Crippen molar-refractivity contribution >= 4 is 44.8 Å². The third-order valence-corrected chi connectivity index (χ3v) is 3.47. The van der Waals surface area contributed by atoms with Crippen LogP contribution in [-0.4, -0.2) is 12.5 Å². The number of hydrogen-bond donors (Lipinski definition) is 2. The number of ether oxygens (including phenoxy) is 1. The Morgan fingerprint density at radius 2 is 2.10 bits per heavy atom. The molecule has 1 amide bonds. The van der Waals surface area contributed by atoms with E-state index in [1.165, 1.54) is 18.2 Å². The molecule has 2 rings (SSSR count). The van der Waals surface area contributed by atoms with Gasteiger partial charge in [-0.3, -0.25) is 4.79 Å². The number of anilines is 2. The Morgan fingerprint density at radius 1 is 1.33 bits per heavy atom. The normalized spacial score (nSPS) is 10.2. The molecule has 0 aliphatic heterocycles. The van der Waals surface area contributed by atoms with Crippen LogP contribution in [0.25, 0.3) is 0 Å². The summed E-state index contributed by atoms with van der Waals surface area (Å²) in [5.41, 5.74) is 6.51. The smallest absolute Gasteiger partial charge is 0.262 e. The number of carbonyl (C=O) groups is 1. The lowest BCUT2D eigenvalue weighted by atomic mass is 10.3. The summed E-state index contributed by atoms with van der Waals surface area (Å²) in [5.74, 6) is -0.436. The zero-order valence-corrected chi connectivity index (χ0v) is 13.0. The average molecular weight is 374 g/mol. The Hall–Kier alpha value is -1.79. The minimum absolute atomic E-state index is 0.241. The number of carbonyl (C=O) groups excluding carboxylic acids is 1. The van der Waals surface area contributed by atoms with E-state index in [0.717, 1.165) is 0 Å². The number of amides is 1. The van der Waals surface area contributed by atoms with Crippen LogP contribution < -0.4 is 15.8 Å². The quantitative estimate of drug-likeness (QED) is 0.800. The van der Waals surface area contributed by atoms with Gasteiger partial charge in [-0.05, 0) is 52.3 Å². The molecule has 4 nitrogen and oxygen atoms in total. The highest BCUT2D eigenvalue weighted by Crippen LogP contribution is 2.26. The monoisotopic (exact) mass is 372 g/mol. The minimum Gasteiger partial charge on any atom is -0.483 e. The predicted molar refractivity (Wildman–Crippen MR) is 84.1 cm³/mol.